The van der Waals surface area contributed by atoms with Crippen LogP contribution < -0.4 is 0 Å². The molecule has 1 heterocycles. The van der Waals surface area contributed by atoms with Crippen LogP contribution in [0.2, 0.25) is 0 Å². The van der Waals surface area contributed by atoms with Crippen molar-refractivity contribution >= 4 is 28.9 Å². The van der Waals surface area contributed by atoms with Gasteiger partial charge in [-0.3, -0.25) is 0 Å². The molecule has 1 aliphatic heterocycles. The van der Waals surface area contributed by atoms with Crippen LogP contribution in [0.1, 0.15) is 39.0 Å². The molecule has 0 amide bonds. The topological polar surface area (TPSA) is 110 Å². The highest BCUT2D eigenvalue weighted by molar-refractivity contribution is 8.13. The Bertz CT molecular complexity index is 920. The van der Waals surface area contributed by atoms with Gasteiger partial charge in [-0.1, -0.05) is 13.3 Å². The van der Waals surface area contributed by atoms with Crippen molar-refractivity contribution in [3.63, 3.8) is 0 Å². The van der Waals surface area contributed by atoms with E-state index in [1.165, 1.54) is 51.7 Å². The second kappa shape index (κ2) is 13.5. The van der Waals surface area contributed by atoms with Gasteiger partial charge < -0.3 is 21.9 Å². The van der Waals surface area contributed by atoms with E-state index in [2.05, 4.69) is 6.92 Å². The first-order valence-electron chi connectivity index (χ1n) is 11.0. The largest absolute Gasteiger partial charge is 0.558 e. The van der Waals surface area contributed by atoms with E-state index >= 15 is 0 Å². The van der Waals surface area contributed by atoms with Crippen LogP contribution in [0.5, 0.6) is 0 Å². The van der Waals surface area contributed by atoms with Gasteiger partial charge in [0.15, 0.2) is 20.0 Å². The van der Waals surface area contributed by atoms with Crippen LogP contribution in [-0.2, 0) is 33.3 Å². The zero-order valence-electron chi connectivity index (χ0n) is 21.2. The van der Waals surface area contributed by atoms with Gasteiger partial charge in [-0.15, -0.1) is 0 Å². The highest BCUT2D eigenvalue weighted by atomic mass is 32.3. The van der Waals surface area contributed by atoms with Gasteiger partial charge in [0.2, 0.25) is 0 Å². The molecule has 22 heteroatoms. The predicted molar refractivity (Wildman–Crippen MR) is 118 cm³/mol. The van der Waals surface area contributed by atoms with Crippen LogP contribution >= 0.6 is 0 Å². The van der Waals surface area contributed by atoms with Gasteiger partial charge >= 0.3 is 31.7 Å². The minimum absolute atomic E-state index is 0.422. The van der Waals surface area contributed by atoms with E-state index < -0.39 is 51.7 Å². The molecule has 1 rings (SSSR count). The van der Waals surface area contributed by atoms with E-state index in [-0.39, 0.29) is 0 Å². The summed E-state index contributed by atoms with van der Waals surface area (Å²) in [7, 11) is -12.5. The Hall–Kier alpha value is -0.783. The quantitative estimate of drug-likeness (QED) is 0.173. The predicted octanol–water partition coefficient (Wildman–Crippen LogP) is 4.53. The minimum Gasteiger partial charge on any atom is -0.425 e. The molecule has 0 bridgehead atoms. The Labute approximate surface area is 220 Å². The molecule has 0 saturated carbocycles. The van der Waals surface area contributed by atoms with Crippen molar-refractivity contribution in [2.45, 2.75) is 61.9 Å². The summed E-state index contributed by atoms with van der Waals surface area (Å²) in [6.07, 6.45) is -6.53. The fraction of sp³-hybridized carbons (Fsp3) is 1.00. The van der Waals surface area contributed by atoms with Crippen LogP contribution in [0.4, 0.5) is 43.9 Å². The summed E-state index contributed by atoms with van der Waals surface area (Å²) in [5, 5.41) is -14.0. The number of nitrogens with zero attached hydrogens (tertiary/aromatic N) is 2. The van der Waals surface area contributed by atoms with Crippen LogP contribution in [0.25, 0.3) is 4.13 Å². The summed E-state index contributed by atoms with van der Waals surface area (Å²) < 4.78 is 179. The fourth-order valence-corrected chi connectivity index (χ4v) is 8.06. The summed E-state index contributed by atoms with van der Waals surface area (Å²) in [5.74, 6) is 0. The van der Waals surface area contributed by atoms with Crippen molar-refractivity contribution in [2.24, 2.45) is 0 Å². The van der Waals surface area contributed by atoms with Crippen LogP contribution in [-0.4, -0.2) is 100 Å². The molecule has 0 unspecified atom stereocenters. The van der Waals surface area contributed by atoms with Crippen molar-refractivity contribution in [1.82, 2.24) is 0 Å². The third-order valence-corrected chi connectivity index (χ3v) is 12.0. The molecule has 0 aliphatic carbocycles. The number of halogens is 10. The lowest BCUT2D eigenvalue weighted by atomic mass is 10.1. The van der Waals surface area contributed by atoms with Crippen LogP contribution in [0.15, 0.2) is 0 Å². The molecule has 0 spiro atoms. The van der Waals surface area contributed by atoms with E-state index in [0.717, 1.165) is 10.7 Å². The molecule has 0 aromatic carbocycles. The number of rotatable bonds is 12. The van der Waals surface area contributed by atoms with Crippen LogP contribution in [0.3, 0.4) is 0 Å². The zero-order chi connectivity index (χ0) is 31.2. The Morgan fingerprint density at radius 2 is 1.08 bits per heavy atom. The van der Waals surface area contributed by atoms with E-state index in [0.29, 0.717) is 4.13 Å². The maximum Gasteiger partial charge on any atom is 0.558 e. The number of sulfonamides is 2. The summed E-state index contributed by atoms with van der Waals surface area (Å²) in [6.45, 7) is 6.01. The van der Waals surface area contributed by atoms with E-state index in [4.69, 9.17) is 13.3 Å². The molecular formula is C17H30F10N2O7S2Si. The average Bonchev–Trinajstić information content (AvgIpc) is 2.80. The maximum absolute atomic E-state index is 12.3. The number of quaternary nitrogens is 1. The Kier molecular flexibility index (Phi) is 13.2. The third-order valence-electron chi connectivity index (χ3n) is 5.72. The normalized spacial score (nSPS) is 17.9. The van der Waals surface area contributed by atoms with Crippen molar-refractivity contribution in [3.05, 3.63) is 4.13 Å². The molecular weight excluding hydrogens is 626 g/mol. The highest BCUT2D eigenvalue weighted by Crippen LogP contribution is 2.47. The molecule has 0 N–H and O–H groups in total. The average molecular weight is 657 g/mol. The lowest BCUT2D eigenvalue weighted by Crippen LogP contribution is -2.64. The van der Waals surface area contributed by atoms with E-state index in [1.54, 1.807) is 21.3 Å². The maximum atomic E-state index is 12.3. The lowest BCUT2D eigenvalue weighted by molar-refractivity contribution is -0.925. The van der Waals surface area contributed by atoms with Gasteiger partial charge in [-0.05, 0) is 25.7 Å². The number of unbranched alkanes of at least 4 members (excludes halogenated alkanes) is 1. The van der Waals surface area contributed by atoms with Gasteiger partial charge in [-0.2, -0.15) is 43.9 Å². The second-order valence-electron chi connectivity index (χ2n) is 8.43. The Balaban J connectivity index is 0.000000748. The van der Waals surface area contributed by atoms with E-state index in [1.807, 2.05) is 0 Å². The molecule has 0 aromatic heterocycles. The highest BCUT2D eigenvalue weighted by Gasteiger charge is 2.68. The molecule has 9 nitrogen and oxygen atoms in total. The first-order valence-corrected chi connectivity index (χ1v) is 15.8. The van der Waals surface area contributed by atoms with E-state index in [9.17, 15) is 60.7 Å². The van der Waals surface area contributed by atoms with Crippen LogP contribution in [0, 0.1) is 0 Å². The Morgan fingerprint density at radius 1 is 0.718 bits per heavy atom. The minimum atomic E-state index is -7.62. The van der Waals surface area contributed by atoms with Gasteiger partial charge in [0, 0.05) is 21.3 Å². The lowest BCUT2D eigenvalue weighted by Gasteiger charge is -2.44. The zero-order valence-corrected chi connectivity index (χ0v) is 23.8. The van der Waals surface area contributed by atoms with Crippen molar-refractivity contribution < 1.29 is 78.5 Å². The van der Waals surface area contributed by atoms with Crippen molar-refractivity contribution in [2.75, 3.05) is 47.1 Å². The summed E-state index contributed by atoms with van der Waals surface area (Å²) >= 11 is 0. The number of alkyl halides is 10. The second-order valence-corrected chi connectivity index (χ2v) is 14.9. The molecule has 39 heavy (non-hydrogen) atoms. The Morgan fingerprint density at radius 3 is 1.36 bits per heavy atom. The summed E-state index contributed by atoms with van der Waals surface area (Å²) in [6, 6.07) is 0. The van der Waals surface area contributed by atoms with Crippen molar-refractivity contribution in [3.8, 4) is 0 Å². The molecule has 0 atom stereocenters. The fourth-order valence-electron chi connectivity index (χ4n) is 3.51. The summed E-state index contributed by atoms with van der Waals surface area (Å²) in [5.41, 5.74) is 0. The van der Waals surface area contributed by atoms with Gasteiger partial charge in [0.25, 0.3) is 0 Å². The molecule has 1 aliphatic rings. The number of piperidine rings is 1. The van der Waals surface area contributed by atoms with Crippen molar-refractivity contribution in [1.29, 1.82) is 0 Å². The summed E-state index contributed by atoms with van der Waals surface area (Å²) in [4.78, 5) is 0. The molecule has 1 saturated heterocycles. The van der Waals surface area contributed by atoms with Gasteiger partial charge in [0.1, 0.15) is 6.17 Å². The smallest absolute Gasteiger partial charge is 0.425 e. The number of hydrogen-bond donors (Lipinski definition) is 0. The SMILES string of the molecule is CCCC[N+]1(C[Si](OC)(OC)OC)CCCCC1.O=S(=O)([N-]S(=O)(=O)C(F)(F)C(F)(F)F)C(F)(F)C(F)(F)F. The monoisotopic (exact) mass is 656 g/mol. The number of hydrogen-bond acceptors (Lipinski definition) is 7. The van der Waals surface area contributed by atoms with Gasteiger partial charge in [-0.25, -0.2) is 16.8 Å². The van der Waals surface area contributed by atoms with Gasteiger partial charge in [0.05, 0.1) is 19.6 Å². The molecule has 1 fully saturated rings. The first-order chi connectivity index (χ1) is 17.4. The molecule has 236 valence electrons. The standard InChI is InChI=1S/C13H30NO3Si.C4F10NO4S2/c1-5-6-10-14(11-8-7-9-12-14)13-18(15-2,16-3)17-4;5-1(6,7)3(11,12)20(16,17)15-21(18,19)4(13,14)2(8,9)10/h5-13H2,1-4H3;/q+1;-1. The first kappa shape index (κ1) is 38.2. The molecule has 0 aromatic rings. The molecule has 0 radical (unpaired) electrons. The number of likely N-dealkylation sites (tertiary alicyclic amines) is 1. The third kappa shape index (κ3) is 9.10.